The molecule has 0 radical (unpaired) electrons. The standard InChI is InChI=1S/C23H34O3S/c1-13(2)16-11-20(14(3)4)22(21(12-16)15(5)6)23(24)17-9-18-7-8-19(10-17)27(18,25)26/h11-15,17-19H,7-10H2,1-6H3. The number of carbonyl (C=O) groups is 1. The van der Waals surface area contributed by atoms with E-state index in [1.165, 1.54) is 5.56 Å². The number of fused-ring (bicyclic) bond motifs is 2. The molecule has 2 bridgehead atoms. The van der Waals surface area contributed by atoms with Crippen LogP contribution in [0.5, 0.6) is 0 Å². The van der Waals surface area contributed by atoms with Gasteiger partial charge in [-0.3, -0.25) is 4.79 Å². The van der Waals surface area contributed by atoms with Crippen molar-refractivity contribution >= 4 is 15.6 Å². The number of hydrogen-bond acceptors (Lipinski definition) is 3. The summed E-state index contributed by atoms with van der Waals surface area (Å²) in [4.78, 5) is 13.7. The molecule has 4 heteroatoms. The van der Waals surface area contributed by atoms with Crippen LogP contribution in [0.4, 0.5) is 0 Å². The van der Waals surface area contributed by atoms with Crippen LogP contribution < -0.4 is 0 Å². The molecule has 1 aromatic carbocycles. The molecule has 2 unspecified atom stereocenters. The molecule has 2 saturated heterocycles. The van der Waals surface area contributed by atoms with Gasteiger partial charge in [0, 0.05) is 11.5 Å². The fraction of sp³-hybridized carbons (Fsp3) is 0.696. The molecule has 0 aromatic heterocycles. The molecule has 27 heavy (non-hydrogen) atoms. The van der Waals surface area contributed by atoms with Gasteiger partial charge in [-0.15, -0.1) is 0 Å². The van der Waals surface area contributed by atoms with Gasteiger partial charge in [0.15, 0.2) is 15.6 Å². The van der Waals surface area contributed by atoms with Gasteiger partial charge in [-0.25, -0.2) is 8.42 Å². The van der Waals surface area contributed by atoms with E-state index in [9.17, 15) is 13.2 Å². The van der Waals surface area contributed by atoms with Gasteiger partial charge in [-0.05, 0) is 60.1 Å². The average Bonchev–Trinajstić information content (AvgIpc) is 2.78. The summed E-state index contributed by atoms with van der Waals surface area (Å²) in [6.45, 7) is 13.0. The lowest BCUT2D eigenvalue weighted by Crippen LogP contribution is -2.36. The van der Waals surface area contributed by atoms with Gasteiger partial charge in [-0.1, -0.05) is 53.7 Å². The average molecular weight is 391 g/mol. The lowest BCUT2D eigenvalue weighted by Gasteiger charge is -2.30. The third kappa shape index (κ3) is 3.62. The molecule has 150 valence electrons. The molecule has 0 N–H and O–H groups in total. The number of sulfone groups is 1. The van der Waals surface area contributed by atoms with Crippen molar-refractivity contribution in [3.8, 4) is 0 Å². The molecule has 2 aliphatic rings. The highest BCUT2D eigenvalue weighted by Gasteiger charge is 2.49. The first-order chi connectivity index (χ1) is 12.5. The number of carbonyl (C=O) groups excluding carboxylic acids is 1. The minimum absolute atomic E-state index is 0.147. The van der Waals surface area contributed by atoms with Crippen LogP contribution in [0.15, 0.2) is 12.1 Å². The van der Waals surface area contributed by atoms with Gasteiger partial charge in [0.2, 0.25) is 0 Å². The van der Waals surface area contributed by atoms with E-state index in [0.717, 1.165) is 29.5 Å². The van der Waals surface area contributed by atoms with E-state index < -0.39 is 9.84 Å². The lowest BCUT2D eigenvalue weighted by atomic mass is 9.79. The maximum atomic E-state index is 13.7. The number of hydrogen-bond donors (Lipinski definition) is 0. The van der Waals surface area contributed by atoms with Gasteiger partial charge in [-0.2, -0.15) is 0 Å². The smallest absolute Gasteiger partial charge is 0.166 e. The zero-order valence-corrected chi connectivity index (χ0v) is 18.4. The Labute approximate surface area is 164 Å². The molecule has 2 aliphatic heterocycles. The number of Topliss-reactive ketones (excluding diaryl/α,β-unsaturated/α-hetero) is 1. The lowest BCUT2D eigenvalue weighted by molar-refractivity contribution is 0.0902. The van der Waals surface area contributed by atoms with Crippen molar-refractivity contribution in [1.82, 2.24) is 0 Å². The molecule has 3 nitrogen and oxygen atoms in total. The predicted molar refractivity (Wildman–Crippen MR) is 111 cm³/mol. The van der Waals surface area contributed by atoms with Gasteiger partial charge in [0.05, 0.1) is 10.5 Å². The van der Waals surface area contributed by atoms with Crippen LogP contribution in [0.1, 0.15) is 112 Å². The fourth-order valence-electron chi connectivity index (χ4n) is 4.87. The second-order valence-electron chi connectivity index (χ2n) is 9.48. The van der Waals surface area contributed by atoms with Gasteiger partial charge in [0.1, 0.15) is 0 Å². The zero-order chi connectivity index (χ0) is 20.1. The number of benzene rings is 1. The van der Waals surface area contributed by atoms with Crippen molar-refractivity contribution in [2.24, 2.45) is 5.92 Å². The fourth-order valence-corrected chi connectivity index (χ4v) is 7.34. The van der Waals surface area contributed by atoms with Crippen LogP contribution in [-0.2, 0) is 9.84 Å². The van der Waals surface area contributed by atoms with Gasteiger partial charge in [0.25, 0.3) is 0 Å². The summed E-state index contributed by atoms with van der Waals surface area (Å²) in [6, 6.07) is 4.42. The predicted octanol–water partition coefficient (Wildman–Crippen LogP) is 5.60. The van der Waals surface area contributed by atoms with E-state index in [1.54, 1.807) is 0 Å². The zero-order valence-electron chi connectivity index (χ0n) is 17.6. The first-order valence-electron chi connectivity index (χ1n) is 10.5. The van der Waals surface area contributed by atoms with Crippen molar-refractivity contribution in [3.63, 3.8) is 0 Å². The second kappa shape index (κ2) is 7.35. The maximum Gasteiger partial charge on any atom is 0.166 e. The minimum Gasteiger partial charge on any atom is -0.294 e. The van der Waals surface area contributed by atoms with E-state index in [2.05, 4.69) is 53.7 Å². The van der Waals surface area contributed by atoms with Crippen molar-refractivity contribution in [2.45, 2.75) is 95.5 Å². The third-order valence-corrected chi connectivity index (χ3v) is 9.30. The maximum absolute atomic E-state index is 13.7. The summed E-state index contributed by atoms with van der Waals surface area (Å²) in [5.41, 5.74) is 4.43. The highest BCUT2D eigenvalue weighted by atomic mass is 32.2. The summed E-state index contributed by atoms with van der Waals surface area (Å²) in [5.74, 6) is 0.989. The Bertz CT molecular complexity index is 784. The Balaban J connectivity index is 2.06. The Morgan fingerprint density at radius 3 is 1.67 bits per heavy atom. The molecule has 0 spiro atoms. The molecule has 3 rings (SSSR count). The van der Waals surface area contributed by atoms with Crippen molar-refractivity contribution in [2.75, 3.05) is 0 Å². The van der Waals surface area contributed by atoms with Crippen LogP contribution in [0.2, 0.25) is 0 Å². The van der Waals surface area contributed by atoms with Crippen molar-refractivity contribution in [3.05, 3.63) is 34.4 Å². The monoisotopic (exact) mass is 390 g/mol. The van der Waals surface area contributed by atoms with Gasteiger partial charge < -0.3 is 0 Å². The Kier molecular flexibility index (Phi) is 5.60. The molecule has 0 aliphatic carbocycles. The SMILES string of the molecule is CC(C)c1cc(C(C)C)c(C(=O)C2CC3CCC(C2)S3(=O)=O)c(C(C)C)c1. The summed E-state index contributed by atoms with van der Waals surface area (Å²) in [6.07, 6.45) is 2.49. The van der Waals surface area contributed by atoms with Gasteiger partial charge >= 0.3 is 0 Å². The highest BCUT2D eigenvalue weighted by molar-refractivity contribution is 7.93. The molecule has 0 saturated carbocycles. The molecular formula is C23H34O3S. The number of rotatable bonds is 5. The van der Waals surface area contributed by atoms with E-state index in [-0.39, 0.29) is 34.0 Å². The third-order valence-electron chi connectivity index (χ3n) is 6.58. The molecule has 1 aromatic rings. The quantitative estimate of drug-likeness (QED) is 0.615. The minimum atomic E-state index is -3.00. The summed E-state index contributed by atoms with van der Waals surface area (Å²) < 4.78 is 24.9. The van der Waals surface area contributed by atoms with Crippen LogP contribution in [-0.4, -0.2) is 24.7 Å². The molecule has 2 heterocycles. The normalized spacial score (nSPS) is 26.9. The Morgan fingerprint density at radius 1 is 0.852 bits per heavy atom. The number of ketones is 1. The van der Waals surface area contributed by atoms with Crippen LogP contribution in [0, 0.1) is 5.92 Å². The highest BCUT2D eigenvalue weighted by Crippen LogP contribution is 2.43. The van der Waals surface area contributed by atoms with Crippen LogP contribution >= 0.6 is 0 Å². The summed E-state index contributed by atoms with van der Waals surface area (Å²) in [5, 5.41) is -0.602. The van der Waals surface area contributed by atoms with Crippen molar-refractivity contribution in [1.29, 1.82) is 0 Å². The van der Waals surface area contributed by atoms with E-state index in [0.29, 0.717) is 18.8 Å². The van der Waals surface area contributed by atoms with E-state index in [1.807, 2.05) is 0 Å². The van der Waals surface area contributed by atoms with Crippen LogP contribution in [0.3, 0.4) is 0 Å². The Morgan fingerprint density at radius 2 is 1.30 bits per heavy atom. The first-order valence-corrected chi connectivity index (χ1v) is 12.1. The van der Waals surface area contributed by atoms with Crippen molar-refractivity contribution < 1.29 is 13.2 Å². The van der Waals surface area contributed by atoms with E-state index in [4.69, 9.17) is 0 Å². The second-order valence-corrected chi connectivity index (χ2v) is 12.0. The molecule has 0 amide bonds. The first kappa shape index (κ1) is 20.6. The molecular weight excluding hydrogens is 356 g/mol. The molecule has 2 atom stereocenters. The topological polar surface area (TPSA) is 51.2 Å². The van der Waals surface area contributed by atoms with E-state index >= 15 is 0 Å². The largest absolute Gasteiger partial charge is 0.294 e. The Hall–Kier alpha value is -1.16. The van der Waals surface area contributed by atoms with Crippen LogP contribution in [0.25, 0.3) is 0 Å². The molecule has 2 fully saturated rings. The summed E-state index contributed by atoms with van der Waals surface area (Å²) in [7, 11) is -3.00. The summed E-state index contributed by atoms with van der Waals surface area (Å²) >= 11 is 0.